The number of carbonyl (C=O) groups excluding carboxylic acids is 1. The molecule has 0 aliphatic heterocycles. The van der Waals surface area contributed by atoms with Gasteiger partial charge in [0, 0.05) is 5.38 Å². The highest BCUT2D eigenvalue weighted by Crippen LogP contribution is 2.29. The molecule has 15 heavy (non-hydrogen) atoms. The van der Waals surface area contributed by atoms with Crippen molar-refractivity contribution in [3.8, 4) is 0 Å². The standard InChI is InChI=1S/C9H7ClN2O2S/c1-2-14-9(13)5-3-15-7-6(5)11-4-12-8(7)10/h3-4H,2H2,1H3. The third kappa shape index (κ3) is 1.80. The van der Waals surface area contributed by atoms with Gasteiger partial charge in [0.25, 0.3) is 0 Å². The van der Waals surface area contributed by atoms with Crippen LogP contribution in [0.4, 0.5) is 0 Å². The predicted octanol–water partition coefficient (Wildman–Crippen LogP) is 2.52. The Balaban J connectivity index is 2.54. The first-order chi connectivity index (χ1) is 7.24. The second kappa shape index (κ2) is 4.12. The van der Waals surface area contributed by atoms with Crippen molar-refractivity contribution in [1.29, 1.82) is 0 Å². The second-order valence-corrected chi connectivity index (χ2v) is 3.95. The zero-order chi connectivity index (χ0) is 10.8. The molecule has 0 radical (unpaired) electrons. The Kier molecular flexibility index (Phi) is 2.83. The number of hydrogen-bond donors (Lipinski definition) is 0. The first kappa shape index (κ1) is 10.3. The van der Waals surface area contributed by atoms with Crippen LogP contribution < -0.4 is 0 Å². The molecule has 0 N–H and O–H groups in total. The van der Waals surface area contributed by atoms with E-state index in [4.69, 9.17) is 16.3 Å². The van der Waals surface area contributed by atoms with Crippen molar-refractivity contribution in [1.82, 2.24) is 9.97 Å². The van der Waals surface area contributed by atoms with Gasteiger partial charge in [-0.1, -0.05) is 11.6 Å². The highest BCUT2D eigenvalue weighted by atomic mass is 35.5. The van der Waals surface area contributed by atoms with Crippen LogP contribution in [0.5, 0.6) is 0 Å². The van der Waals surface area contributed by atoms with Crippen LogP contribution in [0, 0.1) is 0 Å². The van der Waals surface area contributed by atoms with E-state index in [-0.39, 0.29) is 5.97 Å². The SMILES string of the molecule is CCOC(=O)c1csc2c(Cl)ncnc12. The minimum Gasteiger partial charge on any atom is -0.462 e. The fraction of sp³-hybridized carbons (Fsp3) is 0.222. The van der Waals surface area contributed by atoms with Gasteiger partial charge in [0.15, 0.2) is 0 Å². The van der Waals surface area contributed by atoms with E-state index in [0.717, 1.165) is 0 Å². The Morgan fingerprint density at radius 3 is 3.13 bits per heavy atom. The summed E-state index contributed by atoms with van der Waals surface area (Å²) in [7, 11) is 0. The molecule has 0 spiro atoms. The molecule has 0 aromatic carbocycles. The Labute approximate surface area is 94.9 Å². The molecule has 0 unspecified atom stereocenters. The van der Waals surface area contributed by atoms with Crippen molar-refractivity contribution < 1.29 is 9.53 Å². The molecular formula is C9H7ClN2O2S. The van der Waals surface area contributed by atoms with Crippen LogP contribution in [-0.2, 0) is 4.74 Å². The number of fused-ring (bicyclic) bond motifs is 1. The number of halogens is 1. The quantitative estimate of drug-likeness (QED) is 0.600. The highest BCUT2D eigenvalue weighted by molar-refractivity contribution is 7.18. The molecule has 4 nitrogen and oxygen atoms in total. The Morgan fingerprint density at radius 2 is 2.40 bits per heavy atom. The van der Waals surface area contributed by atoms with Gasteiger partial charge in [-0.2, -0.15) is 0 Å². The molecular weight excluding hydrogens is 236 g/mol. The van der Waals surface area contributed by atoms with Crippen molar-refractivity contribution in [3.63, 3.8) is 0 Å². The predicted molar refractivity (Wildman–Crippen MR) is 58.4 cm³/mol. The summed E-state index contributed by atoms with van der Waals surface area (Å²) in [5.41, 5.74) is 1.000. The summed E-state index contributed by atoms with van der Waals surface area (Å²) < 4.78 is 5.61. The van der Waals surface area contributed by atoms with Gasteiger partial charge >= 0.3 is 5.97 Å². The van der Waals surface area contributed by atoms with Crippen molar-refractivity contribution >= 4 is 39.1 Å². The maximum Gasteiger partial charge on any atom is 0.341 e. The smallest absolute Gasteiger partial charge is 0.341 e. The van der Waals surface area contributed by atoms with Crippen LogP contribution >= 0.6 is 22.9 Å². The lowest BCUT2D eigenvalue weighted by Gasteiger charge is -1.98. The molecule has 0 atom stereocenters. The highest BCUT2D eigenvalue weighted by Gasteiger charge is 2.16. The Hall–Kier alpha value is -1.20. The number of aromatic nitrogens is 2. The van der Waals surface area contributed by atoms with Crippen LogP contribution in [0.1, 0.15) is 17.3 Å². The van der Waals surface area contributed by atoms with Gasteiger partial charge in [-0.05, 0) is 6.92 Å². The molecule has 78 valence electrons. The zero-order valence-electron chi connectivity index (χ0n) is 7.86. The van der Waals surface area contributed by atoms with E-state index < -0.39 is 0 Å². The van der Waals surface area contributed by atoms with E-state index in [2.05, 4.69) is 9.97 Å². The first-order valence-corrected chi connectivity index (χ1v) is 5.54. The van der Waals surface area contributed by atoms with Crippen molar-refractivity contribution in [2.45, 2.75) is 6.92 Å². The number of rotatable bonds is 2. The average Bonchev–Trinajstić information content (AvgIpc) is 2.63. The van der Waals surface area contributed by atoms with E-state index >= 15 is 0 Å². The third-order valence-corrected chi connectivity index (χ3v) is 3.18. The summed E-state index contributed by atoms with van der Waals surface area (Å²) in [6, 6.07) is 0. The lowest BCUT2D eigenvalue weighted by molar-refractivity contribution is 0.0529. The molecule has 0 fully saturated rings. The Bertz CT molecular complexity index is 512. The summed E-state index contributed by atoms with van der Waals surface area (Å²) >= 11 is 7.20. The fourth-order valence-electron chi connectivity index (χ4n) is 1.18. The molecule has 0 aliphatic carbocycles. The van der Waals surface area contributed by atoms with Gasteiger partial charge in [-0.3, -0.25) is 0 Å². The summed E-state index contributed by atoms with van der Waals surface area (Å²) in [4.78, 5) is 19.4. The second-order valence-electron chi connectivity index (χ2n) is 2.71. The largest absolute Gasteiger partial charge is 0.462 e. The van der Waals surface area contributed by atoms with Crippen LogP contribution in [0.25, 0.3) is 10.2 Å². The molecule has 0 aliphatic rings. The molecule has 2 heterocycles. The van der Waals surface area contributed by atoms with Gasteiger partial charge in [0.1, 0.15) is 17.0 Å². The lowest BCUT2D eigenvalue weighted by Crippen LogP contribution is -2.03. The summed E-state index contributed by atoms with van der Waals surface area (Å²) in [6.45, 7) is 2.10. The Morgan fingerprint density at radius 1 is 1.60 bits per heavy atom. The fourth-order valence-corrected chi connectivity index (χ4v) is 2.31. The summed E-state index contributed by atoms with van der Waals surface area (Å²) in [6.07, 6.45) is 1.33. The van der Waals surface area contributed by atoms with E-state index in [9.17, 15) is 4.79 Å². The van der Waals surface area contributed by atoms with Crippen molar-refractivity contribution in [3.05, 3.63) is 22.4 Å². The minimum atomic E-state index is -0.376. The maximum atomic E-state index is 11.5. The number of thiophene rings is 1. The number of nitrogens with zero attached hydrogens (tertiary/aromatic N) is 2. The minimum absolute atomic E-state index is 0.342. The van der Waals surface area contributed by atoms with E-state index in [1.165, 1.54) is 17.7 Å². The number of hydrogen-bond acceptors (Lipinski definition) is 5. The lowest BCUT2D eigenvalue weighted by atomic mass is 10.3. The molecule has 2 aromatic heterocycles. The third-order valence-electron chi connectivity index (χ3n) is 1.81. The molecule has 2 rings (SSSR count). The molecule has 6 heteroatoms. The molecule has 0 amide bonds. The van der Waals surface area contributed by atoms with Crippen molar-refractivity contribution in [2.75, 3.05) is 6.61 Å². The maximum absolute atomic E-state index is 11.5. The van der Waals surface area contributed by atoms with Gasteiger partial charge in [0.2, 0.25) is 0 Å². The molecule has 2 aromatic rings. The van der Waals surface area contributed by atoms with Gasteiger partial charge in [-0.15, -0.1) is 11.3 Å². The van der Waals surface area contributed by atoms with Gasteiger partial charge in [0.05, 0.1) is 16.9 Å². The van der Waals surface area contributed by atoms with Crippen molar-refractivity contribution in [2.24, 2.45) is 0 Å². The van der Waals surface area contributed by atoms with E-state index in [1.807, 2.05) is 0 Å². The van der Waals surface area contributed by atoms with Crippen LogP contribution in [0.15, 0.2) is 11.7 Å². The van der Waals surface area contributed by atoms with Crippen LogP contribution in [-0.4, -0.2) is 22.5 Å². The van der Waals surface area contributed by atoms with E-state index in [0.29, 0.717) is 27.5 Å². The summed E-state index contributed by atoms with van der Waals surface area (Å²) in [5.74, 6) is -0.376. The number of esters is 1. The molecule has 0 saturated carbocycles. The molecule has 0 saturated heterocycles. The van der Waals surface area contributed by atoms with Crippen LogP contribution in [0.3, 0.4) is 0 Å². The first-order valence-electron chi connectivity index (χ1n) is 4.29. The zero-order valence-corrected chi connectivity index (χ0v) is 9.43. The monoisotopic (exact) mass is 242 g/mol. The van der Waals surface area contributed by atoms with Crippen LogP contribution in [0.2, 0.25) is 5.15 Å². The summed E-state index contributed by atoms with van der Waals surface area (Å²) in [5, 5.41) is 2.05. The number of ether oxygens (including phenoxy) is 1. The number of carbonyl (C=O) groups is 1. The average molecular weight is 243 g/mol. The normalized spacial score (nSPS) is 10.5. The topological polar surface area (TPSA) is 52.1 Å². The molecule has 0 bridgehead atoms. The van der Waals surface area contributed by atoms with Gasteiger partial charge in [-0.25, -0.2) is 14.8 Å². The van der Waals surface area contributed by atoms with Gasteiger partial charge < -0.3 is 4.74 Å². The van der Waals surface area contributed by atoms with E-state index in [1.54, 1.807) is 12.3 Å².